The maximum atomic E-state index is 5.49. The standard InChI is InChI=1S/C14H26BrNO2/c1-5-8-9-13(10-12(4)15)16-11-14(17-6-2)18-7-3/h8-10,12,14,16H,5-7,11H2,1-4H3/b9-8-,13-10+. The normalized spacial score (nSPS) is 14.4. The lowest BCUT2D eigenvalue weighted by Crippen LogP contribution is -2.31. The van der Waals surface area contributed by atoms with Crippen molar-refractivity contribution in [3.8, 4) is 0 Å². The molecule has 0 aliphatic carbocycles. The van der Waals surface area contributed by atoms with Crippen molar-refractivity contribution in [2.75, 3.05) is 19.8 Å². The van der Waals surface area contributed by atoms with E-state index in [0.29, 0.717) is 24.6 Å². The van der Waals surface area contributed by atoms with Gasteiger partial charge in [-0.3, -0.25) is 0 Å². The van der Waals surface area contributed by atoms with E-state index in [4.69, 9.17) is 9.47 Å². The van der Waals surface area contributed by atoms with Crippen LogP contribution in [0.3, 0.4) is 0 Å². The van der Waals surface area contributed by atoms with E-state index in [0.717, 1.165) is 12.1 Å². The largest absolute Gasteiger partial charge is 0.380 e. The van der Waals surface area contributed by atoms with Crippen molar-refractivity contribution in [3.05, 3.63) is 23.9 Å². The molecule has 0 bridgehead atoms. The van der Waals surface area contributed by atoms with E-state index in [1.807, 2.05) is 13.8 Å². The number of alkyl halides is 1. The van der Waals surface area contributed by atoms with Crippen molar-refractivity contribution in [3.63, 3.8) is 0 Å². The van der Waals surface area contributed by atoms with Gasteiger partial charge in [-0.25, -0.2) is 0 Å². The van der Waals surface area contributed by atoms with Crippen molar-refractivity contribution in [2.45, 2.75) is 45.2 Å². The van der Waals surface area contributed by atoms with E-state index in [9.17, 15) is 0 Å². The first-order valence-electron chi connectivity index (χ1n) is 6.63. The fourth-order valence-corrected chi connectivity index (χ4v) is 1.69. The predicted molar refractivity (Wildman–Crippen MR) is 80.9 cm³/mol. The van der Waals surface area contributed by atoms with Crippen LogP contribution in [0.1, 0.15) is 34.1 Å². The zero-order valence-electron chi connectivity index (χ0n) is 11.9. The summed E-state index contributed by atoms with van der Waals surface area (Å²) >= 11 is 3.52. The molecule has 0 fully saturated rings. The smallest absolute Gasteiger partial charge is 0.174 e. The molecule has 1 N–H and O–H groups in total. The molecular formula is C14H26BrNO2. The highest BCUT2D eigenvalue weighted by Crippen LogP contribution is 2.05. The first-order valence-corrected chi connectivity index (χ1v) is 7.55. The minimum absolute atomic E-state index is 0.191. The fourth-order valence-electron chi connectivity index (χ4n) is 1.40. The van der Waals surface area contributed by atoms with Crippen molar-refractivity contribution in [2.24, 2.45) is 0 Å². The summed E-state index contributed by atoms with van der Waals surface area (Å²) in [6.07, 6.45) is 7.18. The number of hydrogen-bond donors (Lipinski definition) is 1. The highest BCUT2D eigenvalue weighted by molar-refractivity contribution is 9.09. The van der Waals surface area contributed by atoms with Crippen molar-refractivity contribution >= 4 is 15.9 Å². The summed E-state index contributed by atoms with van der Waals surface area (Å²) in [5, 5.41) is 3.35. The van der Waals surface area contributed by atoms with Crippen molar-refractivity contribution in [1.29, 1.82) is 0 Å². The van der Waals surface area contributed by atoms with Crippen LogP contribution in [0.25, 0.3) is 0 Å². The van der Waals surface area contributed by atoms with Crippen LogP contribution >= 0.6 is 15.9 Å². The summed E-state index contributed by atoms with van der Waals surface area (Å²) in [5.74, 6) is 0. The Balaban J connectivity index is 4.34. The minimum Gasteiger partial charge on any atom is -0.380 e. The van der Waals surface area contributed by atoms with Crippen LogP contribution in [0.4, 0.5) is 0 Å². The maximum absolute atomic E-state index is 5.49. The molecule has 0 radical (unpaired) electrons. The molecule has 0 rings (SSSR count). The molecule has 3 nitrogen and oxygen atoms in total. The highest BCUT2D eigenvalue weighted by atomic mass is 79.9. The molecule has 18 heavy (non-hydrogen) atoms. The van der Waals surface area contributed by atoms with Crippen LogP contribution in [0.2, 0.25) is 0 Å². The third-order valence-corrected chi connectivity index (χ3v) is 2.38. The van der Waals surface area contributed by atoms with E-state index < -0.39 is 0 Å². The Morgan fingerprint density at radius 1 is 1.22 bits per heavy atom. The van der Waals surface area contributed by atoms with E-state index >= 15 is 0 Å². The molecule has 4 heteroatoms. The zero-order chi connectivity index (χ0) is 13.8. The molecule has 0 saturated heterocycles. The molecule has 1 atom stereocenters. The van der Waals surface area contributed by atoms with Gasteiger partial charge >= 0.3 is 0 Å². The molecule has 0 aliphatic heterocycles. The Morgan fingerprint density at radius 2 is 1.83 bits per heavy atom. The Bertz CT molecular complexity index is 246. The van der Waals surface area contributed by atoms with Gasteiger partial charge in [0, 0.05) is 23.7 Å². The lowest BCUT2D eigenvalue weighted by Gasteiger charge is -2.18. The fraction of sp³-hybridized carbons (Fsp3) is 0.714. The number of hydrogen-bond acceptors (Lipinski definition) is 3. The number of halogens is 1. The summed E-state index contributed by atoms with van der Waals surface area (Å²) < 4.78 is 11.0. The molecule has 0 saturated carbocycles. The lowest BCUT2D eigenvalue weighted by molar-refractivity contribution is -0.131. The van der Waals surface area contributed by atoms with Gasteiger partial charge in [-0.05, 0) is 39.3 Å². The van der Waals surface area contributed by atoms with Crippen LogP contribution < -0.4 is 5.32 Å². The van der Waals surface area contributed by atoms with Gasteiger partial charge in [0.15, 0.2) is 6.29 Å². The number of rotatable bonds is 10. The van der Waals surface area contributed by atoms with Crippen molar-refractivity contribution < 1.29 is 9.47 Å². The Labute approximate surface area is 120 Å². The molecule has 0 aromatic heterocycles. The van der Waals surface area contributed by atoms with Gasteiger partial charge in [-0.15, -0.1) is 0 Å². The first kappa shape index (κ1) is 17.7. The summed E-state index contributed by atoms with van der Waals surface area (Å²) in [6, 6.07) is 0. The van der Waals surface area contributed by atoms with E-state index in [1.165, 1.54) is 0 Å². The lowest BCUT2D eigenvalue weighted by atomic mass is 10.3. The van der Waals surface area contributed by atoms with Crippen molar-refractivity contribution in [1.82, 2.24) is 5.32 Å². The Kier molecular flexibility index (Phi) is 11.5. The molecule has 0 amide bonds. The van der Waals surface area contributed by atoms with Crippen LogP contribution in [-0.2, 0) is 9.47 Å². The quantitative estimate of drug-likeness (QED) is 0.379. The number of ether oxygens (including phenoxy) is 2. The van der Waals surface area contributed by atoms with Gasteiger partial charge in [0.05, 0.1) is 6.54 Å². The van der Waals surface area contributed by atoms with E-state index in [1.54, 1.807) is 0 Å². The molecule has 0 heterocycles. The summed E-state index contributed by atoms with van der Waals surface area (Å²) in [6.45, 7) is 10.1. The second-order valence-corrected chi connectivity index (χ2v) is 5.28. The Hall–Kier alpha value is -0.320. The molecule has 0 spiro atoms. The second kappa shape index (κ2) is 11.8. The summed E-state index contributed by atoms with van der Waals surface area (Å²) in [4.78, 5) is 0.333. The third kappa shape index (κ3) is 9.68. The number of nitrogens with one attached hydrogen (secondary N) is 1. The van der Waals surface area contributed by atoms with Gasteiger partial charge in [0.25, 0.3) is 0 Å². The molecule has 106 valence electrons. The monoisotopic (exact) mass is 319 g/mol. The molecule has 0 aliphatic rings. The van der Waals surface area contributed by atoms with Gasteiger partial charge in [-0.1, -0.05) is 28.9 Å². The van der Waals surface area contributed by atoms with Gasteiger partial charge < -0.3 is 14.8 Å². The van der Waals surface area contributed by atoms with Crippen LogP contribution in [0, 0.1) is 0 Å². The predicted octanol–water partition coefficient (Wildman–Crippen LogP) is 3.61. The second-order valence-electron chi connectivity index (χ2n) is 3.83. The SMILES string of the molecule is CC/C=C\C(=C/C(C)Br)NCC(OCC)OCC. The highest BCUT2D eigenvalue weighted by Gasteiger charge is 2.07. The zero-order valence-corrected chi connectivity index (χ0v) is 13.5. The van der Waals surface area contributed by atoms with Gasteiger partial charge in [0.2, 0.25) is 0 Å². The first-order chi connectivity index (χ1) is 8.63. The minimum atomic E-state index is -0.191. The number of allylic oxidation sites excluding steroid dienone is 3. The van der Waals surface area contributed by atoms with Crippen LogP contribution in [0.15, 0.2) is 23.9 Å². The summed E-state index contributed by atoms with van der Waals surface area (Å²) in [5.41, 5.74) is 1.09. The summed E-state index contributed by atoms with van der Waals surface area (Å²) in [7, 11) is 0. The molecule has 0 aromatic rings. The third-order valence-electron chi connectivity index (χ3n) is 2.12. The van der Waals surface area contributed by atoms with Gasteiger partial charge in [0.1, 0.15) is 0 Å². The van der Waals surface area contributed by atoms with Crippen LogP contribution in [-0.4, -0.2) is 30.9 Å². The van der Waals surface area contributed by atoms with E-state index in [2.05, 4.69) is 53.3 Å². The average Bonchev–Trinajstić information content (AvgIpc) is 2.32. The average molecular weight is 320 g/mol. The van der Waals surface area contributed by atoms with Crippen LogP contribution in [0.5, 0.6) is 0 Å². The van der Waals surface area contributed by atoms with Gasteiger partial charge in [-0.2, -0.15) is 0 Å². The maximum Gasteiger partial charge on any atom is 0.174 e. The molecule has 0 aromatic carbocycles. The molecule has 1 unspecified atom stereocenters. The topological polar surface area (TPSA) is 30.5 Å². The van der Waals surface area contributed by atoms with E-state index in [-0.39, 0.29) is 6.29 Å². The molecular weight excluding hydrogens is 294 g/mol. The Morgan fingerprint density at radius 3 is 2.28 bits per heavy atom.